The third-order valence-electron chi connectivity index (χ3n) is 2.09. The Kier molecular flexibility index (Phi) is 3.57. The maximum atomic E-state index is 6.05. The van der Waals surface area contributed by atoms with E-state index in [1.807, 2.05) is 27.7 Å². The van der Waals surface area contributed by atoms with Crippen molar-refractivity contribution < 1.29 is 0 Å². The monoisotopic (exact) mass is 231 g/mol. The van der Waals surface area contributed by atoms with Gasteiger partial charge in [0.25, 0.3) is 0 Å². The van der Waals surface area contributed by atoms with Crippen molar-refractivity contribution >= 4 is 22.9 Å². The van der Waals surface area contributed by atoms with E-state index in [1.54, 1.807) is 0 Å². The standard InChI is InChI=1S/C9H18ClN5/c1-5(2)9(11)14-7(10)13-8(15-9)12-6(3)4/h5-6H,11H2,1-4H3,(H2,12,13,14,15). The zero-order valence-electron chi connectivity index (χ0n) is 9.50. The van der Waals surface area contributed by atoms with E-state index in [0.29, 0.717) is 5.96 Å². The van der Waals surface area contributed by atoms with E-state index in [2.05, 4.69) is 20.6 Å². The molecule has 0 saturated heterocycles. The Bertz CT molecular complexity index is 297. The summed E-state index contributed by atoms with van der Waals surface area (Å²) < 4.78 is 0. The van der Waals surface area contributed by atoms with Crippen molar-refractivity contribution in [1.82, 2.24) is 10.6 Å². The van der Waals surface area contributed by atoms with Gasteiger partial charge in [0, 0.05) is 12.0 Å². The van der Waals surface area contributed by atoms with Gasteiger partial charge in [0.15, 0.2) is 5.79 Å². The predicted molar refractivity (Wildman–Crippen MR) is 63.9 cm³/mol. The summed E-state index contributed by atoms with van der Waals surface area (Å²) in [5.41, 5.74) is 6.05. The van der Waals surface area contributed by atoms with E-state index in [1.165, 1.54) is 0 Å². The average molecular weight is 232 g/mol. The number of aliphatic imine (C=N–C) groups is 2. The van der Waals surface area contributed by atoms with Gasteiger partial charge in [-0.2, -0.15) is 0 Å². The van der Waals surface area contributed by atoms with Crippen molar-refractivity contribution in [2.75, 3.05) is 0 Å². The van der Waals surface area contributed by atoms with Gasteiger partial charge in [-0.3, -0.25) is 10.7 Å². The summed E-state index contributed by atoms with van der Waals surface area (Å²) in [5, 5.41) is 6.14. The van der Waals surface area contributed by atoms with Crippen molar-refractivity contribution in [3.63, 3.8) is 0 Å². The minimum absolute atomic E-state index is 0.116. The van der Waals surface area contributed by atoms with E-state index in [0.717, 1.165) is 0 Å². The summed E-state index contributed by atoms with van der Waals surface area (Å²) in [5.74, 6) is -0.192. The summed E-state index contributed by atoms with van der Waals surface area (Å²) in [6.45, 7) is 7.89. The smallest absolute Gasteiger partial charge is 0.201 e. The molecule has 0 radical (unpaired) electrons. The van der Waals surface area contributed by atoms with Crippen molar-refractivity contribution in [2.45, 2.75) is 39.5 Å². The average Bonchev–Trinajstić information content (AvgIpc) is 1.99. The van der Waals surface area contributed by atoms with Crippen LogP contribution in [-0.4, -0.2) is 23.1 Å². The molecule has 1 aliphatic heterocycles. The van der Waals surface area contributed by atoms with Gasteiger partial charge in [0.1, 0.15) is 0 Å². The van der Waals surface area contributed by atoms with Crippen LogP contribution in [0.15, 0.2) is 9.98 Å². The topological polar surface area (TPSA) is 74.8 Å². The maximum absolute atomic E-state index is 6.05. The number of nitrogens with two attached hydrogens (primary N) is 1. The molecule has 0 bridgehead atoms. The molecule has 0 aromatic rings. The number of guanidine groups is 1. The molecule has 1 unspecified atom stereocenters. The second-order valence-electron chi connectivity index (χ2n) is 4.20. The fraction of sp³-hybridized carbons (Fsp3) is 0.778. The fourth-order valence-electron chi connectivity index (χ4n) is 1.13. The third kappa shape index (κ3) is 3.07. The molecular formula is C9H18ClN5. The highest BCUT2D eigenvalue weighted by atomic mass is 35.5. The molecule has 5 nitrogen and oxygen atoms in total. The van der Waals surface area contributed by atoms with Gasteiger partial charge in [-0.25, -0.2) is 4.99 Å². The van der Waals surface area contributed by atoms with Crippen LogP contribution < -0.4 is 16.4 Å². The van der Waals surface area contributed by atoms with E-state index in [-0.39, 0.29) is 17.3 Å². The van der Waals surface area contributed by atoms with Crippen LogP contribution in [0.2, 0.25) is 0 Å². The van der Waals surface area contributed by atoms with Gasteiger partial charge in [-0.15, -0.1) is 0 Å². The van der Waals surface area contributed by atoms with Crippen molar-refractivity contribution in [3.05, 3.63) is 0 Å². The summed E-state index contributed by atoms with van der Waals surface area (Å²) in [7, 11) is 0. The first-order chi connectivity index (χ1) is 6.83. The van der Waals surface area contributed by atoms with Crippen LogP contribution >= 0.6 is 11.6 Å². The number of hydrogen-bond donors (Lipinski definition) is 3. The number of amidine groups is 1. The molecular weight excluding hydrogens is 214 g/mol. The van der Waals surface area contributed by atoms with E-state index < -0.39 is 5.79 Å². The molecule has 0 aliphatic carbocycles. The minimum atomic E-state index is -0.879. The third-order valence-corrected chi connectivity index (χ3v) is 2.27. The van der Waals surface area contributed by atoms with E-state index in [4.69, 9.17) is 17.3 Å². The van der Waals surface area contributed by atoms with Crippen LogP contribution in [0.1, 0.15) is 27.7 Å². The summed E-state index contributed by atoms with van der Waals surface area (Å²) in [6, 6.07) is 0.166. The Balaban J connectivity index is 2.93. The predicted octanol–water partition coefficient (Wildman–Crippen LogP) is 0.807. The number of rotatable bonds is 2. The number of nitrogens with one attached hydrogen (secondary N) is 2. The second-order valence-corrected chi connectivity index (χ2v) is 4.56. The zero-order chi connectivity index (χ0) is 11.6. The molecule has 86 valence electrons. The molecule has 1 rings (SSSR count). The van der Waals surface area contributed by atoms with Crippen molar-refractivity contribution in [3.8, 4) is 0 Å². The normalized spacial score (nSPS) is 29.1. The fourth-order valence-corrected chi connectivity index (χ4v) is 1.36. The summed E-state index contributed by atoms with van der Waals surface area (Å²) in [6.07, 6.45) is 0. The highest BCUT2D eigenvalue weighted by Crippen LogP contribution is 2.15. The molecule has 0 fully saturated rings. The lowest BCUT2D eigenvalue weighted by Gasteiger charge is -2.35. The lowest BCUT2D eigenvalue weighted by molar-refractivity contribution is 0.290. The largest absolute Gasteiger partial charge is 0.319 e. The zero-order valence-corrected chi connectivity index (χ0v) is 10.3. The Hall–Kier alpha value is -0.810. The molecule has 1 aliphatic rings. The maximum Gasteiger partial charge on any atom is 0.201 e. The Morgan fingerprint density at radius 1 is 1.40 bits per heavy atom. The van der Waals surface area contributed by atoms with Gasteiger partial charge in [0.2, 0.25) is 11.3 Å². The van der Waals surface area contributed by atoms with Gasteiger partial charge < -0.3 is 10.6 Å². The van der Waals surface area contributed by atoms with E-state index >= 15 is 0 Å². The molecule has 15 heavy (non-hydrogen) atoms. The first kappa shape index (κ1) is 12.3. The molecule has 0 saturated carbocycles. The quantitative estimate of drug-likeness (QED) is 0.616. The summed E-state index contributed by atoms with van der Waals surface area (Å²) in [4.78, 5) is 8.44. The van der Waals surface area contributed by atoms with Crippen molar-refractivity contribution in [2.24, 2.45) is 21.6 Å². The molecule has 0 aromatic carbocycles. The number of halogens is 1. The molecule has 4 N–H and O–H groups in total. The summed E-state index contributed by atoms with van der Waals surface area (Å²) >= 11 is 5.86. The van der Waals surface area contributed by atoms with Gasteiger partial charge in [-0.05, 0) is 25.4 Å². The molecule has 1 atom stereocenters. The van der Waals surface area contributed by atoms with Crippen LogP contribution in [0.3, 0.4) is 0 Å². The van der Waals surface area contributed by atoms with Crippen LogP contribution in [-0.2, 0) is 0 Å². The molecule has 0 spiro atoms. The molecule has 6 heteroatoms. The van der Waals surface area contributed by atoms with Gasteiger partial charge in [-0.1, -0.05) is 13.8 Å². The van der Waals surface area contributed by atoms with E-state index in [9.17, 15) is 0 Å². The number of hydrogen-bond acceptors (Lipinski definition) is 3. The highest BCUT2D eigenvalue weighted by molar-refractivity contribution is 6.66. The molecule has 0 amide bonds. The van der Waals surface area contributed by atoms with Crippen LogP contribution in [0, 0.1) is 5.92 Å². The van der Waals surface area contributed by atoms with Gasteiger partial charge >= 0.3 is 0 Å². The first-order valence-corrected chi connectivity index (χ1v) is 5.38. The first-order valence-electron chi connectivity index (χ1n) is 5.00. The minimum Gasteiger partial charge on any atom is -0.319 e. The SMILES string of the molecule is CC(C)N=C1NC(Cl)=NC(N)(C(C)C)N1. The Labute approximate surface area is 95.2 Å². The van der Waals surface area contributed by atoms with Crippen LogP contribution in [0.4, 0.5) is 0 Å². The Morgan fingerprint density at radius 3 is 2.47 bits per heavy atom. The number of nitrogens with zero attached hydrogens (tertiary/aromatic N) is 2. The van der Waals surface area contributed by atoms with Gasteiger partial charge in [0.05, 0.1) is 0 Å². The lowest BCUT2D eigenvalue weighted by Crippen LogP contribution is -2.65. The van der Waals surface area contributed by atoms with Crippen LogP contribution in [0.5, 0.6) is 0 Å². The highest BCUT2D eigenvalue weighted by Gasteiger charge is 2.33. The Morgan fingerprint density at radius 2 is 2.00 bits per heavy atom. The lowest BCUT2D eigenvalue weighted by atomic mass is 10.1. The van der Waals surface area contributed by atoms with Crippen molar-refractivity contribution in [1.29, 1.82) is 0 Å². The molecule has 1 heterocycles. The second kappa shape index (κ2) is 4.37. The van der Waals surface area contributed by atoms with Crippen LogP contribution in [0.25, 0.3) is 0 Å². The molecule has 0 aromatic heterocycles.